The summed E-state index contributed by atoms with van der Waals surface area (Å²) in [6.45, 7) is 4.10. The van der Waals surface area contributed by atoms with Gasteiger partial charge in [0.25, 0.3) is 0 Å². The van der Waals surface area contributed by atoms with Crippen molar-refractivity contribution < 1.29 is 19.1 Å². The molecule has 0 aromatic heterocycles. The van der Waals surface area contributed by atoms with Gasteiger partial charge < -0.3 is 9.64 Å². The number of fused-ring (bicyclic) bond motifs is 1. The topological polar surface area (TPSA) is 70.2 Å². The summed E-state index contributed by atoms with van der Waals surface area (Å²) >= 11 is 0. The Bertz CT molecular complexity index is 762. The lowest BCUT2D eigenvalue weighted by Crippen LogP contribution is -2.49. The number of benzene rings is 1. The molecule has 30 heavy (non-hydrogen) atoms. The number of hydrogen-bond acceptors (Lipinski definition) is 5. The van der Waals surface area contributed by atoms with E-state index in [0.717, 1.165) is 51.1 Å². The maximum Gasteiger partial charge on any atom is 0.233 e. The first-order valence-electron chi connectivity index (χ1n) is 11.0. The van der Waals surface area contributed by atoms with E-state index in [2.05, 4.69) is 17.0 Å². The summed E-state index contributed by atoms with van der Waals surface area (Å²) in [6.07, 6.45) is 3.91. The highest BCUT2D eigenvalue weighted by Crippen LogP contribution is 2.38. The minimum atomic E-state index is -0.136. The number of ether oxygens (including phenoxy) is 1. The number of amides is 3. The molecule has 4 rings (SSSR count). The Labute approximate surface area is 177 Å². The first kappa shape index (κ1) is 20.8. The number of piperazine rings is 1. The molecule has 1 aliphatic carbocycles. The van der Waals surface area contributed by atoms with Crippen LogP contribution in [0.2, 0.25) is 0 Å². The van der Waals surface area contributed by atoms with Gasteiger partial charge in [-0.3, -0.25) is 24.2 Å². The zero-order chi connectivity index (χ0) is 21.1. The van der Waals surface area contributed by atoms with Gasteiger partial charge in [-0.15, -0.1) is 0 Å². The van der Waals surface area contributed by atoms with Crippen molar-refractivity contribution in [3.8, 4) is 5.75 Å². The Kier molecular flexibility index (Phi) is 6.37. The molecule has 0 radical (unpaired) electrons. The van der Waals surface area contributed by atoms with E-state index in [1.54, 1.807) is 7.11 Å². The number of nitrogens with zero attached hydrogens (tertiary/aromatic N) is 3. The van der Waals surface area contributed by atoms with Gasteiger partial charge in [-0.2, -0.15) is 0 Å². The second-order valence-corrected chi connectivity index (χ2v) is 8.58. The minimum Gasteiger partial charge on any atom is -0.497 e. The van der Waals surface area contributed by atoms with Gasteiger partial charge in [-0.1, -0.05) is 25.0 Å². The van der Waals surface area contributed by atoms with Crippen molar-refractivity contribution >= 4 is 17.7 Å². The van der Waals surface area contributed by atoms with Gasteiger partial charge in [0.15, 0.2) is 0 Å². The average Bonchev–Trinajstić information content (AvgIpc) is 3.03. The molecule has 2 atom stereocenters. The number of imide groups is 1. The molecule has 0 bridgehead atoms. The molecule has 2 saturated heterocycles. The van der Waals surface area contributed by atoms with Crippen LogP contribution in [0, 0.1) is 11.8 Å². The SMILES string of the molecule is COc1ccc(CN2CCN(C(=O)CCN3C(=O)[C@H]4CCCC[C@@H]4C3=O)CC2)cc1. The van der Waals surface area contributed by atoms with Crippen LogP contribution in [0.25, 0.3) is 0 Å². The predicted octanol–water partition coefficient (Wildman–Crippen LogP) is 1.90. The molecule has 1 aromatic carbocycles. The van der Waals surface area contributed by atoms with Crippen molar-refractivity contribution in [2.24, 2.45) is 11.8 Å². The summed E-state index contributed by atoms with van der Waals surface area (Å²) in [5.41, 5.74) is 1.23. The molecule has 2 aliphatic heterocycles. The number of likely N-dealkylation sites (tertiary alicyclic amines) is 1. The van der Waals surface area contributed by atoms with Crippen LogP contribution in [0.15, 0.2) is 24.3 Å². The predicted molar refractivity (Wildman–Crippen MR) is 112 cm³/mol. The number of carbonyl (C=O) groups is 3. The van der Waals surface area contributed by atoms with Crippen molar-refractivity contribution in [3.63, 3.8) is 0 Å². The summed E-state index contributed by atoms with van der Waals surface area (Å²) in [7, 11) is 1.66. The van der Waals surface area contributed by atoms with Crippen LogP contribution < -0.4 is 4.74 Å². The number of methoxy groups -OCH3 is 1. The highest BCUT2D eigenvalue weighted by atomic mass is 16.5. The van der Waals surface area contributed by atoms with Crippen molar-refractivity contribution in [1.29, 1.82) is 0 Å². The summed E-state index contributed by atoms with van der Waals surface area (Å²) in [5.74, 6) is 0.507. The third-order valence-corrected chi connectivity index (χ3v) is 6.77. The quantitative estimate of drug-likeness (QED) is 0.667. The molecular formula is C23H31N3O4. The van der Waals surface area contributed by atoms with Gasteiger partial charge in [-0.25, -0.2) is 0 Å². The van der Waals surface area contributed by atoms with Crippen molar-refractivity contribution in [2.45, 2.75) is 38.6 Å². The maximum absolute atomic E-state index is 12.7. The van der Waals surface area contributed by atoms with E-state index in [4.69, 9.17) is 4.74 Å². The molecule has 162 valence electrons. The van der Waals surface area contributed by atoms with Crippen LogP contribution in [0.5, 0.6) is 5.75 Å². The molecule has 2 heterocycles. The van der Waals surface area contributed by atoms with Gasteiger partial charge >= 0.3 is 0 Å². The Morgan fingerprint density at radius 1 is 0.967 bits per heavy atom. The van der Waals surface area contributed by atoms with Gasteiger partial charge in [0.2, 0.25) is 17.7 Å². The second-order valence-electron chi connectivity index (χ2n) is 8.58. The fourth-order valence-electron chi connectivity index (χ4n) is 4.96. The third kappa shape index (κ3) is 4.36. The number of carbonyl (C=O) groups excluding carboxylic acids is 3. The largest absolute Gasteiger partial charge is 0.497 e. The Morgan fingerprint density at radius 2 is 1.57 bits per heavy atom. The molecule has 1 aromatic rings. The summed E-state index contributed by atoms with van der Waals surface area (Å²) in [4.78, 5) is 43.3. The van der Waals surface area contributed by atoms with E-state index >= 15 is 0 Å². The lowest BCUT2D eigenvalue weighted by molar-refractivity contribution is -0.141. The molecular weight excluding hydrogens is 382 g/mol. The fourth-order valence-corrected chi connectivity index (χ4v) is 4.96. The van der Waals surface area contributed by atoms with Crippen molar-refractivity contribution in [1.82, 2.24) is 14.7 Å². The Balaban J connectivity index is 1.22. The van der Waals surface area contributed by atoms with Gasteiger partial charge in [-0.05, 0) is 30.5 Å². The van der Waals surface area contributed by atoms with Crippen molar-refractivity contribution in [2.75, 3.05) is 39.8 Å². The normalized spacial score (nSPS) is 24.8. The lowest BCUT2D eigenvalue weighted by Gasteiger charge is -2.35. The first-order valence-corrected chi connectivity index (χ1v) is 11.0. The second kappa shape index (κ2) is 9.16. The zero-order valence-corrected chi connectivity index (χ0v) is 17.7. The van der Waals surface area contributed by atoms with Gasteiger partial charge in [0.05, 0.1) is 18.9 Å². The standard InChI is InChI=1S/C23H31N3O4/c1-30-18-8-6-17(7-9-18)16-24-12-14-25(15-13-24)21(27)10-11-26-22(28)19-4-2-3-5-20(19)23(26)29/h6-9,19-20H,2-5,10-16H2,1H3/t19-,20-/m0/s1. The Hall–Kier alpha value is -2.41. The van der Waals surface area contributed by atoms with E-state index < -0.39 is 0 Å². The highest BCUT2D eigenvalue weighted by molar-refractivity contribution is 6.05. The molecule has 0 N–H and O–H groups in total. The van der Waals surface area contributed by atoms with E-state index in [9.17, 15) is 14.4 Å². The molecule has 0 unspecified atom stereocenters. The van der Waals surface area contributed by atoms with E-state index in [-0.39, 0.29) is 42.5 Å². The molecule has 3 aliphatic rings. The van der Waals surface area contributed by atoms with Gasteiger partial charge in [0, 0.05) is 45.7 Å². The van der Waals surface area contributed by atoms with E-state index in [0.29, 0.717) is 13.1 Å². The minimum absolute atomic E-state index is 0.0366. The lowest BCUT2D eigenvalue weighted by atomic mass is 9.81. The molecule has 3 amide bonds. The van der Waals surface area contributed by atoms with Gasteiger partial charge in [0.1, 0.15) is 5.75 Å². The van der Waals surface area contributed by atoms with Crippen LogP contribution in [0.1, 0.15) is 37.7 Å². The fraction of sp³-hybridized carbons (Fsp3) is 0.609. The van der Waals surface area contributed by atoms with E-state index in [1.165, 1.54) is 10.5 Å². The molecule has 7 nitrogen and oxygen atoms in total. The Morgan fingerprint density at radius 3 is 2.13 bits per heavy atom. The van der Waals surface area contributed by atoms with Crippen LogP contribution in [-0.2, 0) is 20.9 Å². The summed E-state index contributed by atoms with van der Waals surface area (Å²) in [6, 6.07) is 8.06. The van der Waals surface area contributed by atoms with Crippen LogP contribution in [0.3, 0.4) is 0 Å². The van der Waals surface area contributed by atoms with Crippen LogP contribution >= 0.6 is 0 Å². The van der Waals surface area contributed by atoms with E-state index in [1.807, 2.05) is 17.0 Å². The van der Waals surface area contributed by atoms with Crippen molar-refractivity contribution in [3.05, 3.63) is 29.8 Å². The summed E-state index contributed by atoms with van der Waals surface area (Å²) < 4.78 is 5.20. The molecule has 1 saturated carbocycles. The van der Waals surface area contributed by atoms with Crippen LogP contribution in [-0.4, -0.2) is 72.3 Å². The molecule has 0 spiro atoms. The molecule has 3 fully saturated rings. The monoisotopic (exact) mass is 413 g/mol. The number of rotatable bonds is 6. The summed E-state index contributed by atoms with van der Waals surface area (Å²) in [5, 5.41) is 0. The highest BCUT2D eigenvalue weighted by Gasteiger charge is 2.47. The number of hydrogen-bond donors (Lipinski definition) is 0. The maximum atomic E-state index is 12.7. The average molecular weight is 414 g/mol. The molecule has 7 heteroatoms. The smallest absolute Gasteiger partial charge is 0.233 e. The zero-order valence-electron chi connectivity index (χ0n) is 17.7. The third-order valence-electron chi connectivity index (χ3n) is 6.77. The first-order chi connectivity index (χ1) is 14.6. The van der Waals surface area contributed by atoms with Crippen LogP contribution in [0.4, 0.5) is 0 Å².